The SMILES string of the molecule is COc1nccnc1C(NN)c1csc2ccccc12. The minimum absolute atomic E-state index is 0.255. The van der Waals surface area contributed by atoms with Gasteiger partial charge < -0.3 is 4.74 Å². The Morgan fingerprint density at radius 1 is 1.25 bits per heavy atom. The number of hydrogen-bond acceptors (Lipinski definition) is 6. The molecule has 3 aromatic rings. The van der Waals surface area contributed by atoms with E-state index in [0.717, 1.165) is 10.9 Å². The molecule has 0 saturated carbocycles. The Bertz CT molecular complexity index is 728. The lowest BCUT2D eigenvalue weighted by molar-refractivity contribution is 0.383. The molecular formula is C14H14N4OS. The molecule has 2 heterocycles. The number of hydrogen-bond donors (Lipinski definition) is 2. The molecule has 0 aliphatic rings. The van der Waals surface area contributed by atoms with Gasteiger partial charge in [-0.25, -0.2) is 10.4 Å². The van der Waals surface area contributed by atoms with Gasteiger partial charge >= 0.3 is 0 Å². The predicted octanol–water partition coefficient (Wildman–Crippen LogP) is 2.25. The summed E-state index contributed by atoms with van der Waals surface area (Å²) in [6.07, 6.45) is 3.23. The van der Waals surface area contributed by atoms with Crippen LogP contribution in [0.1, 0.15) is 17.3 Å². The number of methoxy groups -OCH3 is 1. The van der Waals surface area contributed by atoms with Gasteiger partial charge in [-0.15, -0.1) is 11.3 Å². The van der Waals surface area contributed by atoms with Crippen LogP contribution in [0.3, 0.4) is 0 Å². The van der Waals surface area contributed by atoms with Crippen LogP contribution in [-0.4, -0.2) is 17.1 Å². The Balaban J connectivity index is 2.14. The number of nitrogens with two attached hydrogens (primary N) is 1. The molecule has 0 amide bonds. The van der Waals surface area contributed by atoms with Gasteiger partial charge in [0.2, 0.25) is 5.88 Å². The molecule has 5 nitrogen and oxygen atoms in total. The highest BCUT2D eigenvalue weighted by Gasteiger charge is 2.22. The van der Waals surface area contributed by atoms with Gasteiger partial charge in [-0.1, -0.05) is 18.2 Å². The number of benzene rings is 1. The van der Waals surface area contributed by atoms with Crippen LogP contribution in [0.15, 0.2) is 42.0 Å². The third-order valence-corrected chi connectivity index (χ3v) is 4.13. The molecule has 0 aliphatic heterocycles. The molecule has 1 atom stereocenters. The molecule has 0 saturated heterocycles. The normalized spacial score (nSPS) is 12.5. The highest BCUT2D eigenvalue weighted by Crippen LogP contribution is 2.34. The van der Waals surface area contributed by atoms with E-state index in [-0.39, 0.29) is 6.04 Å². The molecule has 1 aromatic carbocycles. The zero-order chi connectivity index (χ0) is 13.9. The zero-order valence-electron chi connectivity index (χ0n) is 10.9. The van der Waals surface area contributed by atoms with Gasteiger partial charge in [0.15, 0.2) is 0 Å². The van der Waals surface area contributed by atoms with Crippen LogP contribution in [0.4, 0.5) is 0 Å². The molecule has 3 rings (SSSR count). The molecule has 2 aromatic heterocycles. The number of rotatable bonds is 4. The van der Waals surface area contributed by atoms with Crippen LogP contribution in [0.25, 0.3) is 10.1 Å². The van der Waals surface area contributed by atoms with Crippen LogP contribution in [0.2, 0.25) is 0 Å². The summed E-state index contributed by atoms with van der Waals surface area (Å²) in [7, 11) is 1.58. The summed E-state index contributed by atoms with van der Waals surface area (Å²) in [5.41, 5.74) is 4.57. The minimum atomic E-state index is -0.255. The number of ether oxygens (including phenoxy) is 1. The average Bonchev–Trinajstić information content (AvgIpc) is 2.93. The lowest BCUT2D eigenvalue weighted by atomic mass is 10.0. The van der Waals surface area contributed by atoms with Gasteiger partial charge in [-0.05, 0) is 22.4 Å². The topological polar surface area (TPSA) is 73.1 Å². The van der Waals surface area contributed by atoms with Crippen LogP contribution >= 0.6 is 11.3 Å². The van der Waals surface area contributed by atoms with Crippen molar-refractivity contribution in [3.8, 4) is 5.88 Å². The second-order valence-electron chi connectivity index (χ2n) is 4.24. The molecule has 0 fully saturated rings. The first-order chi connectivity index (χ1) is 9.85. The number of hydrazine groups is 1. The maximum atomic E-state index is 5.74. The van der Waals surface area contributed by atoms with E-state index in [1.165, 1.54) is 4.70 Å². The quantitative estimate of drug-likeness (QED) is 0.568. The van der Waals surface area contributed by atoms with E-state index in [1.54, 1.807) is 30.8 Å². The van der Waals surface area contributed by atoms with Crippen molar-refractivity contribution in [1.82, 2.24) is 15.4 Å². The summed E-state index contributed by atoms with van der Waals surface area (Å²) in [5.74, 6) is 6.22. The fraction of sp³-hybridized carbons (Fsp3) is 0.143. The van der Waals surface area contributed by atoms with Crippen molar-refractivity contribution < 1.29 is 4.74 Å². The molecule has 6 heteroatoms. The number of nitrogens with one attached hydrogen (secondary N) is 1. The van der Waals surface area contributed by atoms with Gasteiger partial charge in [0.25, 0.3) is 0 Å². The van der Waals surface area contributed by atoms with E-state index in [1.807, 2.05) is 12.1 Å². The highest BCUT2D eigenvalue weighted by atomic mass is 32.1. The van der Waals surface area contributed by atoms with Crippen LogP contribution in [0, 0.1) is 0 Å². The zero-order valence-corrected chi connectivity index (χ0v) is 11.7. The Labute approximate surface area is 120 Å². The second kappa shape index (κ2) is 5.54. The second-order valence-corrected chi connectivity index (χ2v) is 5.15. The highest BCUT2D eigenvalue weighted by molar-refractivity contribution is 7.17. The first-order valence-corrected chi connectivity index (χ1v) is 7.00. The van der Waals surface area contributed by atoms with Gasteiger partial charge in [-0.3, -0.25) is 10.8 Å². The summed E-state index contributed by atoms with van der Waals surface area (Å²) in [6.45, 7) is 0. The Hall–Kier alpha value is -2.02. The molecule has 102 valence electrons. The Kier molecular flexibility index (Phi) is 3.60. The predicted molar refractivity (Wildman–Crippen MR) is 79.6 cm³/mol. The van der Waals surface area contributed by atoms with Crippen molar-refractivity contribution in [2.24, 2.45) is 5.84 Å². The fourth-order valence-corrected chi connectivity index (χ4v) is 3.22. The minimum Gasteiger partial charge on any atom is -0.480 e. The van der Waals surface area contributed by atoms with Crippen molar-refractivity contribution in [1.29, 1.82) is 0 Å². The average molecular weight is 286 g/mol. The van der Waals surface area contributed by atoms with E-state index in [9.17, 15) is 0 Å². The number of fused-ring (bicyclic) bond motifs is 1. The third-order valence-electron chi connectivity index (χ3n) is 3.15. The Morgan fingerprint density at radius 2 is 2.05 bits per heavy atom. The van der Waals surface area contributed by atoms with Gasteiger partial charge in [0, 0.05) is 17.1 Å². The third kappa shape index (κ3) is 2.14. The summed E-state index contributed by atoms with van der Waals surface area (Å²) in [4.78, 5) is 8.54. The van der Waals surface area contributed by atoms with Crippen molar-refractivity contribution in [3.63, 3.8) is 0 Å². The van der Waals surface area contributed by atoms with Gasteiger partial charge in [-0.2, -0.15) is 0 Å². The maximum absolute atomic E-state index is 5.74. The van der Waals surface area contributed by atoms with Crippen LogP contribution in [0.5, 0.6) is 5.88 Å². The fourth-order valence-electron chi connectivity index (χ4n) is 2.23. The van der Waals surface area contributed by atoms with Crippen molar-refractivity contribution in [2.75, 3.05) is 7.11 Å². The molecule has 0 spiro atoms. The summed E-state index contributed by atoms with van der Waals surface area (Å²) in [6, 6.07) is 7.95. The van der Waals surface area contributed by atoms with E-state index in [2.05, 4.69) is 32.9 Å². The monoisotopic (exact) mass is 286 g/mol. The van der Waals surface area contributed by atoms with Crippen molar-refractivity contribution in [3.05, 3.63) is 53.3 Å². The van der Waals surface area contributed by atoms with Crippen molar-refractivity contribution >= 4 is 21.4 Å². The molecule has 0 bridgehead atoms. The largest absolute Gasteiger partial charge is 0.480 e. The smallest absolute Gasteiger partial charge is 0.237 e. The first kappa shape index (κ1) is 13.0. The Morgan fingerprint density at radius 3 is 2.85 bits per heavy atom. The summed E-state index contributed by atoms with van der Waals surface area (Å²) >= 11 is 1.68. The lowest BCUT2D eigenvalue weighted by Gasteiger charge is -2.16. The molecular weight excluding hydrogens is 272 g/mol. The van der Waals surface area contributed by atoms with Crippen LogP contribution in [-0.2, 0) is 0 Å². The molecule has 3 N–H and O–H groups in total. The van der Waals surface area contributed by atoms with Crippen LogP contribution < -0.4 is 16.0 Å². The van der Waals surface area contributed by atoms with E-state index < -0.39 is 0 Å². The van der Waals surface area contributed by atoms with E-state index >= 15 is 0 Å². The molecule has 20 heavy (non-hydrogen) atoms. The van der Waals surface area contributed by atoms with Crippen molar-refractivity contribution in [2.45, 2.75) is 6.04 Å². The summed E-state index contributed by atoms with van der Waals surface area (Å²) < 4.78 is 6.49. The number of nitrogens with zero attached hydrogens (tertiary/aromatic N) is 2. The molecule has 1 unspecified atom stereocenters. The molecule has 0 radical (unpaired) electrons. The number of thiophene rings is 1. The first-order valence-electron chi connectivity index (χ1n) is 6.12. The summed E-state index contributed by atoms with van der Waals surface area (Å²) in [5, 5.41) is 3.25. The van der Waals surface area contributed by atoms with Gasteiger partial charge in [0.1, 0.15) is 5.69 Å². The standard InChI is InChI=1S/C14H14N4OS/c1-19-14-13(16-6-7-17-14)12(18-15)10-8-20-11-5-3-2-4-9(10)11/h2-8,12,18H,15H2,1H3. The van der Waals surface area contributed by atoms with E-state index in [0.29, 0.717) is 11.6 Å². The number of aromatic nitrogens is 2. The van der Waals surface area contributed by atoms with Gasteiger partial charge in [0.05, 0.1) is 13.2 Å². The van der Waals surface area contributed by atoms with E-state index in [4.69, 9.17) is 10.6 Å². The lowest BCUT2D eigenvalue weighted by Crippen LogP contribution is -2.29. The molecule has 0 aliphatic carbocycles. The maximum Gasteiger partial charge on any atom is 0.237 e.